The summed E-state index contributed by atoms with van der Waals surface area (Å²) in [6.45, 7) is 0.154. The van der Waals surface area contributed by atoms with Crippen LogP contribution < -0.4 is 22.5 Å². The quantitative estimate of drug-likeness (QED) is 0.202. The Bertz CT molecular complexity index is 1420. The zero-order chi connectivity index (χ0) is 28.9. The van der Waals surface area contributed by atoms with E-state index in [1.807, 2.05) is 0 Å². The normalized spacial score (nSPS) is 15.9. The summed E-state index contributed by atoms with van der Waals surface area (Å²) in [7, 11) is 0. The lowest BCUT2D eigenvalue weighted by Crippen LogP contribution is -2.39. The van der Waals surface area contributed by atoms with E-state index in [4.69, 9.17) is 17.2 Å². The molecule has 2 aromatic carbocycles. The molecule has 0 aliphatic heterocycles. The van der Waals surface area contributed by atoms with Gasteiger partial charge in [0.2, 0.25) is 0 Å². The Balaban J connectivity index is 1.70. The largest absolute Gasteiger partial charge is 0.430 e. The van der Waals surface area contributed by atoms with E-state index in [2.05, 4.69) is 15.3 Å². The highest BCUT2D eigenvalue weighted by Gasteiger charge is 2.35. The van der Waals surface area contributed by atoms with Gasteiger partial charge in [0.05, 0.1) is 22.6 Å². The van der Waals surface area contributed by atoms with Crippen molar-refractivity contribution in [1.29, 1.82) is 0 Å². The molecule has 11 heteroatoms. The Morgan fingerprint density at radius 3 is 2.52 bits per heavy atom. The number of aromatic nitrogens is 1. The molecule has 1 unspecified atom stereocenters. The molecule has 1 amide bonds. The summed E-state index contributed by atoms with van der Waals surface area (Å²) in [5.74, 6) is -1.34. The number of rotatable bonds is 10. The number of anilines is 1. The Kier molecular flexibility index (Phi) is 8.65. The second-order valence-corrected chi connectivity index (χ2v) is 9.79. The molecular formula is C29H30F4N6O. The zero-order valence-corrected chi connectivity index (χ0v) is 21.6. The van der Waals surface area contributed by atoms with E-state index >= 15 is 0 Å². The van der Waals surface area contributed by atoms with Crippen molar-refractivity contribution >= 4 is 23.0 Å². The Labute approximate surface area is 229 Å². The molecule has 7 nitrogen and oxygen atoms in total. The minimum Gasteiger partial charge on any atom is -0.395 e. The molecule has 0 saturated heterocycles. The van der Waals surface area contributed by atoms with Gasteiger partial charge in [0, 0.05) is 12.7 Å². The number of aliphatic imine (C=N–C) groups is 1. The lowest BCUT2D eigenvalue weighted by atomic mass is 9.82. The summed E-state index contributed by atoms with van der Waals surface area (Å²) in [5, 5.41) is 2.34. The van der Waals surface area contributed by atoms with Crippen LogP contribution in [0.15, 0.2) is 83.6 Å². The molecule has 1 atom stereocenters. The Morgan fingerprint density at radius 2 is 1.88 bits per heavy atom. The number of alkyl halides is 3. The van der Waals surface area contributed by atoms with Gasteiger partial charge in [-0.15, -0.1) is 0 Å². The van der Waals surface area contributed by atoms with E-state index in [0.717, 1.165) is 25.3 Å². The number of nitrogens with zero attached hydrogens (tertiary/aromatic N) is 2. The van der Waals surface area contributed by atoms with Crippen LogP contribution in [-0.2, 0) is 16.9 Å². The van der Waals surface area contributed by atoms with Crippen LogP contribution in [0.5, 0.6) is 0 Å². The number of nitrogens with one attached hydrogen (secondary N) is 1. The SMILES string of the molecule is NCc1cccc(N=C(C=C(N)C(F)(F)F)C(=O)Nc2cc(C(N)(CCC3CC3)c3ccccn3)ccc2F)c1. The topological polar surface area (TPSA) is 132 Å². The fraction of sp³-hybridized carbons (Fsp3) is 0.276. The minimum atomic E-state index is -4.91. The fourth-order valence-corrected chi connectivity index (χ4v) is 4.24. The van der Waals surface area contributed by atoms with Crippen molar-refractivity contribution in [3.05, 3.63) is 101 Å². The van der Waals surface area contributed by atoms with Crippen LogP contribution in [-0.4, -0.2) is 22.8 Å². The first-order valence-electron chi connectivity index (χ1n) is 12.7. The van der Waals surface area contributed by atoms with Crippen molar-refractivity contribution in [2.45, 2.75) is 43.9 Å². The van der Waals surface area contributed by atoms with Crippen LogP contribution in [0.4, 0.5) is 28.9 Å². The van der Waals surface area contributed by atoms with Gasteiger partial charge < -0.3 is 22.5 Å². The third-order valence-electron chi connectivity index (χ3n) is 6.74. The summed E-state index contributed by atoms with van der Waals surface area (Å²) in [6, 6.07) is 15.7. The molecule has 0 spiro atoms. The average Bonchev–Trinajstić information content (AvgIpc) is 3.77. The van der Waals surface area contributed by atoms with Crippen LogP contribution in [0.2, 0.25) is 0 Å². The van der Waals surface area contributed by atoms with Crippen LogP contribution in [0.25, 0.3) is 0 Å². The molecule has 40 heavy (non-hydrogen) atoms. The molecule has 1 aromatic heterocycles. The number of hydrogen-bond acceptors (Lipinski definition) is 6. The van der Waals surface area contributed by atoms with Crippen LogP contribution in [0.3, 0.4) is 0 Å². The molecule has 1 heterocycles. The zero-order valence-electron chi connectivity index (χ0n) is 21.6. The Morgan fingerprint density at radius 1 is 1.10 bits per heavy atom. The first-order valence-corrected chi connectivity index (χ1v) is 12.7. The van der Waals surface area contributed by atoms with E-state index in [0.29, 0.717) is 35.2 Å². The second kappa shape index (κ2) is 12.0. The molecule has 0 radical (unpaired) electrons. The number of hydrogen-bond donors (Lipinski definition) is 4. The van der Waals surface area contributed by atoms with Crippen LogP contribution in [0.1, 0.15) is 42.5 Å². The van der Waals surface area contributed by atoms with Gasteiger partial charge in [-0.2, -0.15) is 13.2 Å². The van der Waals surface area contributed by atoms with Gasteiger partial charge in [0.15, 0.2) is 0 Å². The molecule has 1 fully saturated rings. The van der Waals surface area contributed by atoms with Gasteiger partial charge in [0.1, 0.15) is 17.2 Å². The number of amides is 1. The van der Waals surface area contributed by atoms with Gasteiger partial charge in [0.25, 0.3) is 5.91 Å². The van der Waals surface area contributed by atoms with E-state index in [-0.39, 0.29) is 17.9 Å². The average molecular weight is 555 g/mol. The van der Waals surface area contributed by atoms with Crippen molar-refractivity contribution in [1.82, 2.24) is 4.98 Å². The number of carbonyl (C=O) groups excluding carboxylic acids is 1. The molecule has 1 aliphatic rings. The van der Waals surface area contributed by atoms with Crippen LogP contribution in [0, 0.1) is 11.7 Å². The predicted octanol–water partition coefficient (Wildman–Crippen LogP) is 5.19. The van der Waals surface area contributed by atoms with E-state index in [9.17, 15) is 22.4 Å². The third-order valence-corrected chi connectivity index (χ3v) is 6.74. The van der Waals surface area contributed by atoms with Crippen molar-refractivity contribution in [3.8, 4) is 0 Å². The highest BCUT2D eigenvalue weighted by molar-refractivity contribution is 6.47. The molecule has 1 saturated carbocycles. The van der Waals surface area contributed by atoms with E-state index in [1.165, 1.54) is 24.3 Å². The number of halogens is 4. The lowest BCUT2D eigenvalue weighted by Gasteiger charge is -2.30. The maximum absolute atomic E-state index is 14.9. The number of pyridine rings is 1. The highest BCUT2D eigenvalue weighted by Crippen LogP contribution is 2.40. The summed E-state index contributed by atoms with van der Waals surface area (Å²) in [5.41, 5.74) is 16.0. The molecule has 3 aromatic rings. The molecule has 7 N–H and O–H groups in total. The maximum atomic E-state index is 14.9. The summed E-state index contributed by atoms with van der Waals surface area (Å²) in [4.78, 5) is 21.7. The van der Waals surface area contributed by atoms with Crippen molar-refractivity contribution in [3.63, 3.8) is 0 Å². The van der Waals surface area contributed by atoms with Crippen molar-refractivity contribution < 1.29 is 22.4 Å². The molecule has 0 bridgehead atoms. The first-order chi connectivity index (χ1) is 19.0. The number of carbonyl (C=O) groups is 1. The van der Waals surface area contributed by atoms with Gasteiger partial charge in [-0.25, -0.2) is 9.38 Å². The first kappa shape index (κ1) is 28.9. The van der Waals surface area contributed by atoms with E-state index in [1.54, 1.807) is 36.5 Å². The second-order valence-electron chi connectivity index (χ2n) is 9.79. The predicted molar refractivity (Wildman–Crippen MR) is 146 cm³/mol. The monoisotopic (exact) mass is 554 g/mol. The molecule has 210 valence electrons. The highest BCUT2D eigenvalue weighted by atomic mass is 19.4. The molecule has 1 aliphatic carbocycles. The van der Waals surface area contributed by atoms with Crippen LogP contribution >= 0.6 is 0 Å². The number of allylic oxidation sites excluding steroid dienone is 1. The fourth-order valence-electron chi connectivity index (χ4n) is 4.24. The smallest absolute Gasteiger partial charge is 0.395 e. The molecule has 4 rings (SSSR count). The van der Waals surface area contributed by atoms with Gasteiger partial charge in [-0.1, -0.05) is 37.1 Å². The van der Waals surface area contributed by atoms with Crippen molar-refractivity contribution in [2.24, 2.45) is 28.1 Å². The van der Waals surface area contributed by atoms with Gasteiger partial charge in [-0.05, 0) is 72.4 Å². The maximum Gasteiger partial charge on any atom is 0.430 e. The molecular weight excluding hydrogens is 524 g/mol. The number of nitrogens with two attached hydrogens (primary N) is 3. The lowest BCUT2D eigenvalue weighted by molar-refractivity contribution is -0.110. The van der Waals surface area contributed by atoms with Crippen molar-refractivity contribution in [2.75, 3.05) is 5.32 Å². The summed E-state index contributed by atoms with van der Waals surface area (Å²) >= 11 is 0. The minimum absolute atomic E-state index is 0.154. The standard InChI is InChI=1S/C29H30F4N6O/c30-22-10-9-20(28(36,12-11-18-7-8-18)26-6-1-2-13-37-26)15-23(22)39-27(40)24(16-25(35)29(31,32)33)38-21-5-3-4-19(14-21)17-34/h1-6,9-10,13-16,18H,7-8,11-12,17,34-36H2,(H,39,40). The summed E-state index contributed by atoms with van der Waals surface area (Å²) < 4.78 is 54.6. The van der Waals surface area contributed by atoms with Gasteiger partial charge >= 0.3 is 6.18 Å². The van der Waals surface area contributed by atoms with Gasteiger partial charge in [-0.3, -0.25) is 9.78 Å². The number of benzene rings is 2. The van der Waals surface area contributed by atoms with E-state index < -0.39 is 34.8 Å². The summed E-state index contributed by atoms with van der Waals surface area (Å²) in [6.07, 6.45) is 0.717. The third kappa shape index (κ3) is 7.10. The Hall–Kier alpha value is -4.09.